The van der Waals surface area contributed by atoms with Crippen LogP contribution in [0.15, 0.2) is 23.2 Å². The van der Waals surface area contributed by atoms with Gasteiger partial charge in [-0.1, -0.05) is 0 Å². The number of rotatable bonds is 4. The van der Waals surface area contributed by atoms with Crippen molar-refractivity contribution in [2.24, 2.45) is 5.92 Å². The third kappa shape index (κ3) is 4.57. The molecular weight excluding hydrogens is 392 g/mol. The Balaban J connectivity index is 1.35. The van der Waals surface area contributed by atoms with Crippen LogP contribution in [0.5, 0.6) is 0 Å². The van der Waals surface area contributed by atoms with E-state index in [4.69, 9.17) is 4.74 Å². The highest BCUT2D eigenvalue weighted by atomic mass is 32.2. The summed E-state index contributed by atoms with van der Waals surface area (Å²) in [6.07, 6.45) is 6.56. The number of sulfonamides is 1. The van der Waals surface area contributed by atoms with Crippen LogP contribution in [0.25, 0.3) is 0 Å². The summed E-state index contributed by atoms with van der Waals surface area (Å²) in [5.74, 6) is 1.18. The number of piperidine rings is 2. The molecule has 0 aromatic carbocycles. The second-order valence-electron chi connectivity index (χ2n) is 8.02. The van der Waals surface area contributed by atoms with E-state index in [0.717, 1.165) is 57.7 Å². The van der Waals surface area contributed by atoms with Crippen LogP contribution in [-0.2, 0) is 19.6 Å². The first-order chi connectivity index (χ1) is 14.1. The second-order valence-corrected chi connectivity index (χ2v) is 9.95. The Morgan fingerprint density at radius 3 is 2.28 bits per heavy atom. The summed E-state index contributed by atoms with van der Waals surface area (Å²) in [5.41, 5.74) is 0. The molecule has 0 N–H and O–H groups in total. The van der Waals surface area contributed by atoms with Crippen molar-refractivity contribution in [1.29, 1.82) is 0 Å². The Hall–Kier alpha value is -1.71. The maximum atomic E-state index is 12.7. The molecule has 0 spiro atoms. The van der Waals surface area contributed by atoms with Gasteiger partial charge in [-0.2, -0.15) is 4.31 Å². The first-order valence-electron chi connectivity index (χ1n) is 10.6. The van der Waals surface area contributed by atoms with Gasteiger partial charge in [0.15, 0.2) is 0 Å². The lowest BCUT2D eigenvalue weighted by molar-refractivity contribution is -0.137. The second kappa shape index (κ2) is 8.97. The lowest BCUT2D eigenvalue weighted by Gasteiger charge is -2.36. The molecular formula is C20H30N4O4S. The predicted octanol–water partition coefficient (Wildman–Crippen LogP) is 1.33. The number of hydrogen-bond acceptors (Lipinski definition) is 6. The summed E-state index contributed by atoms with van der Waals surface area (Å²) >= 11 is 0. The van der Waals surface area contributed by atoms with E-state index in [1.807, 2.05) is 4.90 Å². The van der Waals surface area contributed by atoms with Gasteiger partial charge in [0.2, 0.25) is 15.9 Å². The first-order valence-corrected chi connectivity index (χ1v) is 12.1. The molecule has 160 valence electrons. The molecule has 8 nitrogen and oxygen atoms in total. The number of pyridine rings is 1. The zero-order chi connectivity index (χ0) is 20.3. The summed E-state index contributed by atoms with van der Waals surface area (Å²) in [5, 5.41) is 0. The zero-order valence-electron chi connectivity index (χ0n) is 16.8. The minimum Gasteiger partial charge on any atom is -0.379 e. The molecule has 29 heavy (non-hydrogen) atoms. The van der Waals surface area contributed by atoms with Crippen LogP contribution in [0.3, 0.4) is 0 Å². The van der Waals surface area contributed by atoms with E-state index >= 15 is 0 Å². The van der Waals surface area contributed by atoms with E-state index in [0.29, 0.717) is 32.2 Å². The van der Waals surface area contributed by atoms with Gasteiger partial charge in [-0.25, -0.2) is 13.4 Å². The highest BCUT2D eigenvalue weighted by Gasteiger charge is 2.30. The normalized spacial score (nSPS) is 22.6. The topological polar surface area (TPSA) is 83.0 Å². The molecule has 1 aromatic rings. The molecule has 3 aliphatic heterocycles. The molecule has 0 bridgehead atoms. The number of ether oxygens (including phenoxy) is 1. The lowest BCUT2D eigenvalue weighted by Crippen LogP contribution is -2.44. The number of carbonyl (C=O) groups is 1. The molecule has 4 heterocycles. The van der Waals surface area contributed by atoms with Gasteiger partial charge in [-0.05, 0) is 44.2 Å². The molecule has 9 heteroatoms. The van der Waals surface area contributed by atoms with Crippen LogP contribution in [0, 0.1) is 5.92 Å². The first kappa shape index (κ1) is 20.6. The number of nitrogens with zero attached hydrogens (tertiary/aromatic N) is 4. The van der Waals surface area contributed by atoms with Crippen LogP contribution in [0.4, 0.5) is 5.82 Å². The number of carbonyl (C=O) groups excluding carboxylic acids is 1. The Morgan fingerprint density at radius 2 is 1.66 bits per heavy atom. The third-order valence-corrected chi connectivity index (χ3v) is 8.05. The maximum absolute atomic E-state index is 12.7. The molecule has 0 radical (unpaired) electrons. The molecule has 3 saturated heterocycles. The van der Waals surface area contributed by atoms with E-state index in [-0.39, 0.29) is 10.8 Å². The zero-order valence-corrected chi connectivity index (χ0v) is 17.6. The van der Waals surface area contributed by atoms with Gasteiger partial charge >= 0.3 is 0 Å². The fourth-order valence-corrected chi connectivity index (χ4v) is 5.73. The van der Waals surface area contributed by atoms with Crippen molar-refractivity contribution >= 4 is 21.7 Å². The van der Waals surface area contributed by atoms with E-state index in [9.17, 15) is 13.2 Å². The van der Waals surface area contributed by atoms with Crippen molar-refractivity contribution in [3.8, 4) is 0 Å². The number of likely N-dealkylation sites (tertiary alicyclic amines) is 1. The number of anilines is 1. The molecule has 0 aliphatic carbocycles. The molecule has 4 rings (SSSR count). The average molecular weight is 423 g/mol. The van der Waals surface area contributed by atoms with Crippen LogP contribution in [0.2, 0.25) is 0 Å². The van der Waals surface area contributed by atoms with Crippen molar-refractivity contribution in [2.75, 3.05) is 57.4 Å². The monoisotopic (exact) mass is 422 g/mol. The molecule has 1 aromatic heterocycles. The predicted molar refractivity (Wildman–Crippen MR) is 109 cm³/mol. The van der Waals surface area contributed by atoms with Gasteiger partial charge in [0.25, 0.3) is 0 Å². The van der Waals surface area contributed by atoms with Gasteiger partial charge < -0.3 is 14.5 Å². The summed E-state index contributed by atoms with van der Waals surface area (Å²) < 4.78 is 32.1. The van der Waals surface area contributed by atoms with Crippen LogP contribution < -0.4 is 4.90 Å². The van der Waals surface area contributed by atoms with Gasteiger partial charge in [0.1, 0.15) is 10.7 Å². The molecule has 1 amide bonds. The molecule has 3 fully saturated rings. The average Bonchev–Trinajstić information content (AvgIpc) is 2.80. The van der Waals surface area contributed by atoms with Gasteiger partial charge in [-0.15, -0.1) is 0 Å². The number of amides is 1. The van der Waals surface area contributed by atoms with Crippen LogP contribution in [-0.4, -0.2) is 81.0 Å². The fourth-order valence-electron chi connectivity index (χ4n) is 4.38. The van der Waals surface area contributed by atoms with Crippen molar-refractivity contribution in [3.05, 3.63) is 18.3 Å². The Morgan fingerprint density at radius 1 is 0.966 bits per heavy atom. The van der Waals surface area contributed by atoms with Gasteiger partial charge in [0.05, 0.1) is 13.2 Å². The van der Waals surface area contributed by atoms with Crippen LogP contribution >= 0.6 is 0 Å². The Kier molecular flexibility index (Phi) is 6.36. The largest absolute Gasteiger partial charge is 0.379 e. The van der Waals surface area contributed by atoms with E-state index in [2.05, 4.69) is 9.88 Å². The van der Waals surface area contributed by atoms with Crippen LogP contribution in [0.1, 0.15) is 32.1 Å². The summed E-state index contributed by atoms with van der Waals surface area (Å²) in [6, 6.07) is 3.41. The third-order valence-electron chi connectivity index (χ3n) is 6.16. The summed E-state index contributed by atoms with van der Waals surface area (Å²) in [4.78, 5) is 21.5. The minimum atomic E-state index is -3.52. The van der Waals surface area contributed by atoms with Crippen molar-refractivity contribution in [1.82, 2.24) is 14.2 Å². The fraction of sp³-hybridized carbons (Fsp3) is 0.700. The minimum absolute atomic E-state index is 0.102. The molecule has 0 saturated carbocycles. The van der Waals surface area contributed by atoms with Gasteiger partial charge in [0, 0.05) is 51.4 Å². The van der Waals surface area contributed by atoms with Crippen molar-refractivity contribution in [2.45, 2.75) is 37.0 Å². The Bertz CT molecular complexity index is 794. The number of morpholine rings is 1. The highest BCUT2D eigenvalue weighted by Crippen LogP contribution is 2.26. The van der Waals surface area contributed by atoms with E-state index in [1.54, 1.807) is 12.1 Å². The highest BCUT2D eigenvalue weighted by molar-refractivity contribution is 7.89. The van der Waals surface area contributed by atoms with Crippen molar-refractivity contribution in [3.63, 3.8) is 0 Å². The standard InChI is InChI=1S/C20H30N4O4S/c25-20(23-8-2-1-3-9-23)17-6-10-22(11-7-17)19-5-4-18(16-21-19)29(26,27)24-12-14-28-15-13-24/h4-5,16-17H,1-3,6-15H2. The molecule has 0 unspecified atom stereocenters. The Labute approximate surface area is 172 Å². The smallest absolute Gasteiger partial charge is 0.244 e. The summed E-state index contributed by atoms with van der Waals surface area (Å²) in [7, 11) is -3.52. The quantitative estimate of drug-likeness (QED) is 0.728. The van der Waals surface area contributed by atoms with E-state index in [1.165, 1.54) is 16.9 Å². The lowest BCUT2D eigenvalue weighted by atomic mass is 9.94. The maximum Gasteiger partial charge on any atom is 0.244 e. The van der Waals surface area contributed by atoms with Gasteiger partial charge in [-0.3, -0.25) is 4.79 Å². The summed E-state index contributed by atoms with van der Waals surface area (Å²) in [6.45, 7) is 4.95. The molecule has 3 aliphatic rings. The van der Waals surface area contributed by atoms with Crippen molar-refractivity contribution < 1.29 is 17.9 Å². The SMILES string of the molecule is O=C(C1CCN(c2ccc(S(=O)(=O)N3CCOCC3)cn2)CC1)N1CCCCC1. The number of aromatic nitrogens is 1. The molecule has 0 atom stereocenters. The number of hydrogen-bond donors (Lipinski definition) is 0. The van der Waals surface area contributed by atoms with E-state index < -0.39 is 10.0 Å².